The number of nitro groups is 1. The van der Waals surface area contributed by atoms with Gasteiger partial charge in [-0.25, -0.2) is 0 Å². The number of nitro benzene ring substituents is 1. The molecule has 1 aromatic heterocycles. The lowest BCUT2D eigenvalue weighted by Crippen LogP contribution is -1.91. The number of aromatic nitrogens is 1. The van der Waals surface area contributed by atoms with Gasteiger partial charge in [-0.1, -0.05) is 13.8 Å². The Kier molecular flexibility index (Phi) is 4.37. The minimum absolute atomic E-state index is 0.0654. The number of nitrogens with zero attached hydrogens (tertiary/aromatic N) is 2. The average Bonchev–Trinajstić information content (AvgIpc) is 2.31. The van der Waals surface area contributed by atoms with Crippen LogP contribution in [0, 0.1) is 10.1 Å². The van der Waals surface area contributed by atoms with Crippen molar-refractivity contribution in [3.8, 4) is 0 Å². The van der Waals surface area contributed by atoms with Crippen LogP contribution in [-0.2, 0) is 0 Å². The summed E-state index contributed by atoms with van der Waals surface area (Å²) in [4.78, 5) is 14.4. The average molecular weight is 283 g/mol. The summed E-state index contributed by atoms with van der Waals surface area (Å²) in [5.74, 6) is 0. The van der Waals surface area contributed by atoms with Crippen molar-refractivity contribution < 1.29 is 4.92 Å². The molecular formula is C11H11BrN2O2. The Balaban J connectivity index is 0.000000606. The Morgan fingerprint density at radius 2 is 2.00 bits per heavy atom. The Morgan fingerprint density at radius 3 is 2.62 bits per heavy atom. The van der Waals surface area contributed by atoms with Gasteiger partial charge < -0.3 is 0 Å². The summed E-state index contributed by atoms with van der Waals surface area (Å²) >= 11 is 3.15. The molecule has 0 aliphatic carbocycles. The Hall–Kier alpha value is -1.49. The third-order valence-corrected chi connectivity index (χ3v) is 2.53. The van der Waals surface area contributed by atoms with Gasteiger partial charge in [-0.2, -0.15) is 0 Å². The van der Waals surface area contributed by atoms with Crippen LogP contribution in [-0.4, -0.2) is 9.91 Å². The molecule has 2 aromatic rings. The van der Waals surface area contributed by atoms with Crippen molar-refractivity contribution in [2.75, 3.05) is 0 Å². The summed E-state index contributed by atoms with van der Waals surface area (Å²) in [6.45, 7) is 4.00. The van der Waals surface area contributed by atoms with Crippen LogP contribution in [0.4, 0.5) is 5.69 Å². The van der Waals surface area contributed by atoms with Crippen molar-refractivity contribution in [1.29, 1.82) is 0 Å². The molecule has 0 aliphatic heterocycles. The van der Waals surface area contributed by atoms with Crippen LogP contribution < -0.4 is 0 Å². The van der Waals surface area contributed by atoms with Gasteiger partial charge in [0.05, 0.1) is 20.3 Å². The third kappa shape index (κ3) is 2.36. The molecule has 0 saturated heterocycles. The highest BCUT2D eigenvalue weighted by Gasteiger charge is 2.16. The number of hydrogen-bond acceptors (Lipinski definition) is 3. The smallest absolute Gasteiger partial charge is 0.258 e. The minimum Gasteiger partial charge on any atom is -0.258 e. The van der Waals surface area contributed by atoms with E-state index in [2.05, 4.69) is 20.9 Å². The Morgan fingerprint density at radius 1 is 1.31 bits per heavy atom. The molecule has 1 heterocycles. The first-order valence-corrected chi connectivity index (χ1v) is 5.67. The van der Waals surface area contributed by atoms with E-state index >= 15 is 0 Å². The Labute approximate surface area is 102 Å². The fraction of sp³-hybridized carbons (Fsp3) is 0.182. The summed E-state index contributed by atoms with van der Waals surface area (Å²) < 4.78 is 0.475. The first-order chi connectivity index (χ1) is 7.70. The molecule has 0 spiro atoms. The van der Waals surface area contributed by atoms with Crippen molar-refractivity contribution in [2.24, 2.45) is 0 Å². The predicted octanol–water partition coefficient (Wildman–Crippen LogP) is 3.93. The van der Waals surface area contributed by atoms with E-state index in [1.54, 1.807) is 30.5 Å². The van der Waals surface area contributed by atoms with Crippen LogP contribution >= 0.6 is 15.9 Å². The highest BCUT2D eigenvalue weighted by Crippen LogP contribution is 2.31. The molecule has 0 bridgehead atoms. The lowest BCUT2D eigenvalue weighted by molar-refractivity contribution is -0.383. The number of pyridine rings is 1. The second kappa shape index (κ2) is 5.55. The normalized spacial score (nSPS) is 9.44. The number of rotatable bonds is 1. The van der Waals surface area contributed by atoms with Crippen LogP contribution in [0.25, 0.3) is 10.9 Å². The first-order valence-electron chi connectivity index (χ1n) is 4.88. The lowest BCUT2D eigenvalue weighted by Gasteiger charge is -1.99. The van der Waals surface area contributed by atoms with Gasteiger partial charge in [0.2, 0.25) is 0 Å². The summed E-state index contributed by atoms with van der Waals surface area (Å²) in [5.41, 5.74) is 0.693. The van der Waals surface area contributed by atoms with Crippen LogP contribution in [0.3, 0.4) is 0 Å². The number of halogens is 1. The van der Waals surface area contributed by atoms with E-state index in [-0.39, 0.29) is 5.69 Å². The van der Waals surface area contributed by atoms with E-state index in [9.17, 15) is 10.1 Å². The molecule has 0 atom stereocenters. The number of hydrogen-bond donors (Lipinski definition) is 0. The van der Waals surface area contributed by atoms with Gasteiger partial charge >= 0.3 is 0 Å². The van der Waals surface area contributed by atoms with Gasteiger partial charge in [-0.15, -0.1) is 0 Å². The number of benzene rings is 1. The van der Waals surface area contributed by atoms with Crippen molar-refractivity contribution >= 4 is 32.5 Å². The highest BCUT2D eigenvalue weighted by atomic mass is 79.9. The summed E-state index contributed by atoms with van der Waals surface area (Å²) in [5, 5.41) is 11.3. The van der Waals surface area contributed by atoms with Gasteiger partial charge in [0.25, 0.3) is 5.69 Å². The van der Waals surface area contributed by atoms with Crippen molar-refractivity contribution in [2.45, 2.75) is 13.8 Å². The summed E-state index contributed by atoms with van der Waals surface area (Å²) in [6, 6.07) is 6.74. The van der Waals surface area contributed by atoms with Crippen LogP contribution in [0.5, 0.6) is 0 Å². The lowest BCUT2D eigenvalue weighted by atomic mass is 10.2. The fourth-order valence-corrected chi connectivity index (χ4v) is 1.79. The summed E-state index contributed by atoms with van der Waals surface area (Å²) in [6.07, 6.45) is 1.61. The molecule has 0 fully saturated rings. The molecule has 5 heteroatoms. The molecule has 0 N–H and O–H groups in total. The second-order valence-corrected chi connectivity index (χ2v) is 3.58. The number of fused-ring (bicyclic) bond motifs is 1. The van der Waals surface area contributed by atoms with E-state index in [4.69, 9.17) is 0 Å². The largest absolute Gasteiger partial charge is 0.292 e. The first kappa shape index (κ1) is 12.6. The molecule has 16 heavy (non-hydrogen) atoms. The minimum atomic E-state index is -0.409. The maximum Gasteiger partial charge on any atom is 0.292 e. The monoisotopic (exact) mass is 282 g/mol. The predicted molar refractivity (Wildman–Crippen MR) is 67.4 cm³/mol. The van der Waals surface area contributed by atoms with Crippen LogP contribution in [0.1, 0.15) is 13.8 Å². The van der Waals surface area contributed by atoms with Gasteiger partial charge in [0.1, 0.15) is 0 Å². The third-order valence-electron chi connectivity index (χ3n) is 1.89. The quantitative estimate of drug-likeness (QED) is 0.588. The molecule has 1 aromatic carbocycles. The van der Waals surface area contributed by atoms with E-state index in [0.717, 1.165) is 0 Å². The zero-order valence-electron chi connectivity index (χ0n) is 8.98. The summed E-state index contributed by atoms with van der Waals surface area (Å²) in [7, 11) is 0. The molecule has 0 unspecified atom stereocenters. The van der Waals surface area contributed by atoms with Gasteiger partial charge in [-0.3, -0.25) is 15.1 Å². The topological polar surface area (TPSA) is 56.0 Å². The van der Waals surface area contributed by atoms with Crippen molar-refractivity contribution in [3.63, 3.8) is 0 Å². The Bertz CT molecular complexity index is 514. The van der Waals surface area contributed by atoms with Crippen LogP contribution in [0.15, 0.2) is 34.9 Å². The fourth-order valence-electron chi connectivity index (χ4n) is 1.30. The van der Waals surface area contributed by atoms with E-state index in [1.807, 2.05) is 13.8 Å². The van der Waals surface area contributed by atoms with Gasteiger partial charge in [0.15, 0.2) is 0 Å². The molecule has 4 nitrogen and oxygen atoms in total. The molecule has 0 radical (unpaired) electrons. The molecule has 0 aliphatic rings. The van der Waals surface area contributed by atoms with Crippen molar-refractivity contribution in [3.05, 3.63) is 45.0 Å². The molecule has 0 saturated carbocycles. The molecule has 84 valence electrons. The highest BCUT2D eigenvalue weighted by molar-refractivity contribution is 9.10. The van der Waals surface area contributed by atoms with Gasteiger partial charge in [0, 0.05) is 6.20 Å². The zero-order valence-corrected chi connectivity index (χ0v) is 10.6. The molecular weight excluding hydrogens is 272 g/mol. The molecule has 0 amide bonds. The maximum atomic E-state index is 10.8. The van der Waals surface area contributed by atoms with E-state index < -0.39 is 4.92 Å². The SMILES string of the molecule is CC.O=[N+]([O-])c1c(Br)ccc2ncccc12. The van der Waals surface area contributed by atoms with Crippen LogP contribution in [0.2, 0.25) is 0 Å². The molecule has 2 rings (SSSR count). The van der Waals surface area contributed by atoms with Crippen molar-refractivity contribution in [1.82, 2.24) is 4.98 Å². The second-order valence-electron chi connectivity index (χ2n) is 2.72. The van der Waals surface area contributed by atoms with Gasteiger partial charge in [-0.05, 0) is 40.2 Å². The maximum absolute atomic E-state index is 10.8. The van der Waals surface area contributed by atoms with E-state index in [0.29, 0.717) is 15.4 Å². The van der Waals surface area contributed by atoms with E-state index in [1.165, 1.54) is 0 Å². The zero-order chi connectivity index (χ0) is 12.1. The standard InChI is InChI=1S/C9H5BrN2O2.C2H6/c10-7-3-4-8-6(2-1-5-11-8)9(7)12(13)14;1-2/h1-5H;1-2H3.